The van der Waals surface area contributed by atoms with Gasteiger partial charge >= 0.3 is 0 Å². The molecule has 2 aromatic rings. The van der Waals surface area contributed by atoms with Crippen LogP contribution in [0.4, 0.5) is 0 Å². The molecule has 1 amide bonds. The second-order valence-corrected chi connectivity index (χ2v) is 3.98. The van der Waals surface area contributed by atoms with Crippen LogP contribution in [-0.4, -0.2) is 18.1 Å². The molecular weight excluding hydrogens is 214 g/mol. The van der Waals surface area contributed by atoms with E-state index in [1.165, 1.54) is 11.6 Å². The predicted octanol–water partition coefficient (Wildman–Crippen LogP) is 2.47. The van der Waals surface area contributed by atoms with Crippen LogP contribution in [0.2, 0.25) is 0 Å². The molecule has 0 saturated heterocycles. The van der Waals surface area contributed by atoms with E-state index in [2.05, 4.69) is 12.2 Å². The molecule has 3 heteroatoms. The molecule has 0 saturated carbocycles. The summed E-state index contributed by atoms with van der Waals surface area (Å²) in [6.07, 6.45) is 0.923. The number of benzene rings is 2. The molecule has 0 heterocycles. The van der Waals surface area contributed by atoms with E-state index in [4.69, 9.17) is 0 Å². The molecule has 0 bridgehead atoms. The first-order chi connectivity index (χ1) is 8.15. The zero-order valence-corrected chi connectivity index (χ0v) is 9.95. The minimum absolute atomic E-state index is 0.149. The molecule has 3 nitrogen and oxygen atoms in total. The summed E-state index contributed by atoms with van der Waals surface area (Å²) in [5.74, 6) is -0.0434. The Morgan fingerprint density at radius 3 is 2.71 bits per heavy atom. The van der Waals surface area contributed by atoms with E-state index >= 15 is 0 Å². The third kappa shape index (κ3) is 2.09. The van der Waals surface area contributed by atoms with Crippen LogP contribution >= 0.6 is 0 Å². The van der Waals surface area contributed by atoms with Crippen molar-refractivity contribution in [2.75, 3.05) is 7.05 Å². The third-order valence-corrected chi connectivity index (χ3v) is 2.89. The lowest BCUT2D eigenvalue weighted by Gasteiger charge is -2.07. The maximum atomic E-state index is 11.5. The number of aryl methyl sites for hydroxylation is 1. The molecule has 0 fully saturated rings. The molecule has 0 atom stereocenters. The van der Waals surface area contributed by atoms with Crippen LogP contribution in [0.5, 0.6) is 5.75 Å². The molecule has 0 spiro atoms. The van der Waals surface area contributed by atoms with Gasteiger partial charge in [0.2, 0.25) is 0 Å². The zero-order chi connectivity index (χ0) is 12.4. The van der Waals surface area contributed by atoms with Crippen molar-refractivity contribution in [2.24, 2.45) is 0 Å². The van der Waals surface area contributed by atoms with Crippen LogP contribution in [-0.2, 0) is 6.42 Å². The quantitative estimate of drug-likeness (QED) is 0.831. The Hall–Kier alpha value is -2.03. The monoisotopic (exact) mass is 229 g/mol. The highest BCUT2D eigenvalue weighted by molar-refractivity contribution is 6.00. The summed E-state index contributed by atoms with van der Waals surface area (Å²) in [6.45, 7) is 2.07. The van der Waals surface area contributed by atoms with E-state index in [1.54, 1.807) is 13.1 Å². The Balaban J connectivity index is 2.63. The molecule has 0 aromatic heterocycles. The zero-order valence-electron chi connectivity index (χ0n) is 9.95. The number of carbonyl (C=O) groups excluding carboxylic acids is 1. The Morgan fingerprint density at radius 2 is 2.06 bits per heavy atom. The fourth-order valence-electron chi connectivity index (χ4n) is 1.88. The van der Waals surface area contributed by atoms with Crippen molar-refractivity contribution in [2.45, 2.75) is 13.3 Å². The molecule has 2 aromatic carbocycles. The number of rotatable bonds is 2. The summed E-state index contributed by atoms with van der Waals surface area (Å²) >= 11 is 0. The van der Waals surface area contributed by atoms with Crippen molar-refractivity contribution in [3.05, 3.63) is 41.5 Å². The molecule has 17 heavy (non-hydrogen) atoms. The number of nitrogens with one attached hydrogen (secondary N) is 1. The molecular formula is C14H15NO2. The topological polar surface area (TPSA) is 49.3 Å². The second kappa shape index (κ2) is 4.45. The molecule has 0 unspecified atom stereocenters. The largest absolute Gasteiger partial charge is 0.507 e. The van der Waals surface area contributed by atoms with Gasteiger partial charge in [-0.2, -0.15) is 0 Å². The number of hydrogen-bond acceptors (Lipinski definition) is 2. The standard InChI is InChI=1S/C14H15NO2/c1-3-9-4-5-10-7-11(14(17)15-2)8-13(16)12(10)6-9/h4-8,16H,3H2,1-2H3,(H,15,17). The van der Waals surface area contributed by atoms with Crippen molar-refractivity contribution >= 4 is 16.7 Å². The average molecular weight is 229 g/mol. The van der Waals surface area contributed by atoms with Crippen LogP contribution in [0.15, 0.2) is 30.3 Å². The van der Waals surface area contributed by atoms with Crippen molar-refractivity contribution in [1.82, 2.24) is 5.32 Å². The van der Waals surface area contributed by atoms with Gasteiger partial charge in [0.05, 0.1) is 0 Å². The second-order valence-electron chi connectivity index (χ2n) is 3.98. The number of aromatic hydroxyl groups is 1. The maximum Gasteiger partial charge on any atom is 0.251 e. The number of carbonyl (C=O) groups is 1. The van der Waals surface area contributed by atoms with Gasteiger partial charge in [0.25, 0.3) is 5.91 Å². The lowest BCUT2D eigenvalue weighted by atomic mass is 10.0. The molecule has 0 aliphatic heterocycles. The van der Waals surface area contributed by atoms with E-state index in [0.29, 0.717) is 5.56 Å². The van der Waals surface area contributed by atoms with Gasteiger partial charge in [0.1, 0.15) is 5.75 Å². The third-order valence-electron chi connectivity index (χ3n) is 2.89. The van der Waals surface area contributed by atoms with E-state index in [9.17, 15) is 9.90 Å². The summed E-state index contributed by atoms with van der Waals surface area (Å²) in [5, 5.41) is 14.1. The number of fused-ring (bicyclic) bond motifs is 1. The van der Waals surface area contributed by atoms with Gasteiger partial charge in [0, 0.05) is 18.0 Å². The first-order valence-corrected chi connectivity index (χ1v) is 5.63. The van der Waals surface area contributed by atoms with Gasteiger partial charge in [-0.25, -0.2) is 0 Å². The van der Waals surface area contributed by atoms with Crippen LogP contribution < -0.4 is 5.32 Å². The lowest BCUT2D eigenvalue weighted by molar-refractivity contribution is 0.0963. The average Bonchev–Trinajstić information content (AvgIpc) is 2.37. The SMILES string of the molecule is CCc1ccc2cc(C(=O)NC)cc(O)c2c1. The first kappa shape index (κ1) is 11.5. The Bertz CT molecular complexity index is 576. The van der Waals surface area contributed by atoms with Gasteiger partial charge in [-0.15, -0.1) is 0 Å². The predicted molar refractivity (Wildman–Crippen MR) is 68.4 cm³/mol. The van der Waals surface area contributed by atoms with E-state index < -0.39 is 0 Å². The summed E-state index contributed by atoms with van der Waals surface area (Å²) in [5.41, 5.74) is 1.64. The van der Waals surface area contributed by atoms with E-state index in [1.807, 2.05) is 18.2 Å². The lowest BCUT2D eigenvalue weighted by Crippen LogP contribution is -2.17. The molecule has 0 aliphatic carbocycles. The number of phenolic OH excluding ortho intramolecular Hbond substituents is 1. The van der Waals surface area contributed by atoms with E-state index in [0.717, 1.165) is 17.2 Å². The van der Waals surface area contributed by atoms with Crippen molar-refractivity contribution in [3.63, 3.8) is 0 Å². The van der Waals surface area contributed by atoms with Crippen molar-refractivity contribution < 1.29 is 9.90 Å². The Morgan fingerprint density at radius 1 is 1.29 bits per heavy atom. The Kier molecular flexibility index (Phi) is 3.00. The number of phenols is 1. The maximum absolute atomic E-state index is 11.5. The number of amides is 1. The highest BCUT2D eigenvalue weighted by atomic mass is 16.3. The first-order valence-electron chi connectivity index (χ1n) is 5.63. The van der Waals surface area contributed by atoms with Gasteiger partial charge < -0.3 is 10.4 Å². The smallest absolute Gasteiger partial charge is 0.251 e. The van der Waals surface area contributed by atoms with Crippen LogP contribution in [0.3, 0.4) is 0 Å². The minimum Gasteiger partial charge on any atom is -0.507 e. The summed E-state index contributed by atoms with van der Waals surface area (Å²) in [4.78, 5) is 11.5. The minimum atomic E-state index is -0.193. The normalized spacial score (nSPS) is 10.5. The highest BCUT2D eigenvalue weighted by Gasteiger charge is 2.08. The number of hydrogen-bond donors (Lipinski definition) is 2. The van der Waals surface area contributed by atoms with Gasteiger partial charge in [-0.3, -0.25) is 4.79 Å². The fourth-order valence-corrected chi connectivity index (χ4v) is 1.88. The van der Waals surface area contributed by atoms with Gasteiger partial charge in [-0.05, 0) is 35.6 Å². The molecule has 2 N–H and O–H groups in total. The van der Waals surface area contributed by atoms with Crippen molar-refractivity contribution in [3.8, 4) is 5.75 Å². The summed E-state index contributed by atoms with van der Waals surface area (Å²) in [6, 6.07) is 9.18. The van der Waals surface area contributed by atoms with Gasteiger partial charge in [-0.1, -0.05) is 19.1 Å². The van der Waals surface area contributed by atoms with Crippen LogP contribution in [0, 0.1) is 0 Å². The van der Waals surface area contributed by atoms with Crippen LogP contribution in [0.25, 0.3) is 10.8 Å². The highest BCUT2D eigenvalue weighted by Crippen LogP contribution is 2.27. The fraction of sp³-hybridized carbons (Fsp3) is 0.214. The summed E-state index contributed by atoms with van der Waals surface area (Å²) in [7, 11) is 1.57. The molecule has 2 rings (SSSR count). The van der Waals surface area contributed by atoms with Crippen LogP contribution in [0.1, 0.15) is 22.8 Å². The van der Waals surface area contributed by atoms with E-state index in [-0.39, 0.29) is 11.7 Å². The Labute approximate surface area is 100 Å². The molecule has 0 aliphatic rings. The van der Waals surface area contributed by atoms with Crippen molar-refractivity contribution in [1.29, 1.82) is 0 Å². The molecule has 0 radical (unpaired) electrons. The summed E-state index contributed by atoms with van der Waals surface area (Å²) < 4.78 is 0. The molecule has 88 valence electrons. The van der Waals surface area contributed by atoms with Gasteiger partial charge in [0.15, 0.2) is 0 Å².